The minimum absolute atomic E-state index is 0.0520. The highest BCUT2D eigenvalue weighted by Crippen LogP contribution is 2.26. The van der Waals surface area contributed by atoms with Gasteiger partial charge < -0.3 is 5.73 Å². The number of hydrogen-bond donors (Lipinski definition) is 1. The maximum Gasteiger partial charge on any atom is 0.278 e. The fourth-order valence-corrected chi connectivity index (χ4v) is 5.45. The Bertz CT molecular complexity index is 1690. The summed E-state index contributed by atoms with van der Waals surface area (Å²) in [5.41, 5.74) is 8.96. The summed E-state index contributed by atoms with van der Waals surface area (Å²) in [5.74, 6) is 0.0520. The van der Waals surface area contributed by atoms with Gasteiger partial charge in [0.15, 0.2) is 0 Å². The molecule has 0 unspecified atom stereocenters. The van der Waals surface area contributed by atoms with Crippen molar-refractivity contribution < 1.29 is 13.0 Å². The molecule has 0 radical (unpaired) electrons. The lowest BCUT2D eigenvalue weighted by Gasteiger charge is -2.13. The van der Waals surface area contributed by atoms with Crippen LogP contribution in [0.25, 0.3) is 16.7 Å². The van der Waals surface area contributed by atoms with Crippen LogP contribution in [0.3, 0.4) is 0 Å². The molecule has 0 spiro atoms. The molecule has 2 aromatic carbocycles. The first kappa shape index (κ1) is 21.8. The van der Waals surface area contributed by atoms with Gasteiger partial charge in [0.25, 0.3) is 11.2 Å². The van der Waals surface area contributed by atoms with E-state index in [9.17, 15) is 13.2 Å². The number of fused-ring (bicyclic) bond motifs is 2. The number of aryl methyl sites for hydroxylation is 3. The lowest BCUT2D eigenvalue weighted by atomic mass is 10.1. The van der Waals surface area contributed by atoms with Crippen molar-refractivity contribution in [3.63, 3.8) is 0 Å². The molecule has 5 aromatic rings. The van der Waals surface area contributed by atoms with E-state index >= 15 is 0 Å². The van der Waals surface area contributed by atoms with E-state index in [4.69, 9.17) is 5.73 Å². The summed E-state index contributed by atoms with van der Waals surface area (Å²) in [6.45, 7) is 2.25. The molecule has 0 aliphatic carbocycles. The van der Waals surface area contributed by atoms with E-state index in [0.717, 1.165) is 11.1 Å². The largest absolute Gasteiger partial charge is 0.317 e. The number of aromatic nitrogens is 3. The van der Waals surface area contributed by atoms with E-state index in [1.807, 2.05) is 37.3 Å². The molecular formula is C26H23N4O3S+. The van der Waals surface area contributed by atoms with Gasteiger partial charge in [0.2, 0.25) is 21.3 Å². The highest BCUT2D eigenvalue weighted by molar-refractivity contribution is 7.91. The Morgan fingerprint density at radius 2 is 1.68 bits per heavy atom. The van der Waals surface area contributed by atoms with Gasteiger partial charge in [0, 0.05) is 12.6 Å². The van der Waals surface area contributed by atoms with Crippen molar-refractivity contribution in [3.8, 4) is 0 Å². The van der Waals surface area contributed by atoms with E-state index in [-0.39, 0.29) is 26.6 Å². The molecule has 0 bridgehead atoms. The zero-order valence-corrected chi connectivity index (χ0v) is 19.4. The van der Waals surface area contributed by atoms with E-state index in [0.29, 0.717) is 24.3 Å². The third kappa shape index (κ3) is 3.72. The van der Waals surface area contributed by atoms with Crippen molar-refractivity contribution >= 4 is 32.3 Å². The fourth-order valence-electron chi connectivity index (χ4n) is 4.05. The molecule has 0 saturated heterocycles. The molecule has 0 fully saturated rings. The van der Waals surface area contributed by atoms with Crippen molar-refractivity contribution in [3.05, 3.63) is 107 Å². The van der Waals surface area contributed by atoms with Gasteiger partial charge in [0.1, 0.15) is 10.3 Å². The first-order valence-corrected chi connectivity index (χ1v) is 12.3. The van der Waals surface area contributed by atoms with Crippen molar-refractivity contribution in [1.29, 1.82) is 0 Å². The minimum atomic E-state index is -3.98. The normalized spacial score (nSPS) is 11.8. The molecule has 5 rings (SSSR count). The Labute approximate surface area is 196 Å². The molecule has 0 aliphatic heterocycles. The number of rotatable bonds is 5. The highest BCUT2D eigenvalue weighted by Gasteiger charge is 2.29. The maximum atomic E-state index is 13.6. The van der Waals surface area contributed by atoms with Gasteiger partial charge in [-0.05, 0) is 42.8 Å². The molecule has 2 N–H and O–H groups in total. The van der Waals surface area contributed by atoms with E-state index in [1.165, 1.54) is 10.5 Å². The lowest BCUT2D eigenvalue weighted by molar-refractivity contribution is -0.659. The maximum absolute atomic E-state index is 13.6. The molecule has 3 heterocycles. The van der Waals surface area contributed by atoms with Crippen molar-refractivity contribution in [2.24, 2.45) is 0 Å². The van der Waals surface area contributed by atoms with E-state index in [2.05, 4.69) is 4.98 Å². The zero-order chi connectivity index (χ0) is 23.9. The van der Waals surface area contributed by atoms with Crippen LogP contribution in [0.2, 0.25) is 0 Å². The Kier molecular flexibility index (Phi) is 5.37. The van der Waals surface area contributed by atoms with Crippen LogP contribution in [0.15, 0.2) is 99.6 Å². The molecule has 0 atom stereocenters. The number of nitrogen functional groups attached to an aromatic ring is 1. The zero-order valence-electron chi connectivity index (χ0n) is 18.5. The lowest BCUT2D eigenvalue weighted by Crippen LogP contribution is -2.42. The van der Waals surface area contributed by atoms with Crippen LogP contribution in [0.5, 0.6) is 0 Å². The van der Waals surface area contributed by atoms with Crippen molar-refractivity contribution in [1.82, 2.24) is 9.38 Å². The molecule has 0 amide bonds. The Morgan fingerprint density at radius 1 is 0.971 bits per heavy atom. The second kappa shape index (κ2) is 8.39. The van der Waals surface area contributed by atoms with Crippen LogP contribution in [0.4, 0.5) is 5.82 Å². The van der Waals surface area contributed by atoms with Crippen LogP contribution < -0.4 is 15.9 Å². The van der Waals surface area contributed by atoms with Gasteiger partial charge >= 0.3 is 0 Å². The molecule has 8 heteroatoms. The average Bonchev–Trinajstić information content (AvgIpc) is 2.84. The number of anilines is 1. The smallest absolute Gasteiger partial charge is 0.278 e. The number of sulfone groups is 1. The summed E-state index contributed by atoms with van der Waals surface area (Å²) in [4.78, 5) is 18.0. The first-order chi connectivity index (χ1) is 16.4. The second-order valence-corrected chi connectivity index (χ2v) is 10.1. The van der Waals surface area contributed by atoms with E-state index < -0.39 is 9.84 Å². The summed E-state index contributed by atoms with van der Waals surface area (Å²) in [6.07, 6.45) is 2.21. The third-order valence-electron chi connectivity index (χ3n) is 5.91. The molecule has 0 aliphatic rings. The third-order valence-corrected chi connectivity index (χ3v) is 7.71. The molecule has 34 heavy (non-hydrogen) atoms. The molecule has 3 aromatic heterocycles. The number of hydrogen-bond acceptors (Lipinski definition) is 5. The highest BCUT2D eigenvalue weighted by atomic mass is 32.2. The average molecular weight is 472 g/mol. The summed E-state index contributed by atoms with van der Waals surface area (Å²) in [6, 6.07) is 23.0. The predicted molar refractivity (Wildman–Crippen MR) is 130 cm³/mol. The Hall–Kier alpha value is -4.04. The topological polar surface area (TPSA) is 98.4 Å². The van der Waals surface area contributed by atoms with Gasteiger partial charge in [-0.3, -0.25) is 9.20 Å². The van der Waals surface area contributed by atoms with Crippen LogP contribution in [-0.2, 0) is 22.8 Å². The van der Waals surface area contributed by atoms with Gasteiger partial charge in [-0.15, -0.1) is 0 Å². The monoisotopic (exact) mass is 471 g/mol. The minimum Gasteiger partial charge on any atom is -0.317 e. The number of pyridine rings is 2. The molecule has 0 saturated carbocycles. The SMILES string of the molecule is Cc1ccc(S(=O)(=O)c2cc3c(=O)n4ccccc4nc3[n+](CCc3ccccc3)c2N)cc1. The number of benzene rings is 2. The molecule has 170 valence electrons. The Morgan fingerprint density at radius 3 is 2.41 bits per heavy atom. The van der Waals surface area contributed by atoms with Crippen LogP contribution in [0, 0.1) is 6.92 Å². The molecular weight excluding hydrogens is 448 g/mol. The van der Waals surface area contributed by atoms with Crippen LogP contribution in [0.1, 0.15) is 11.1 Å². The number of nitrogens with zero attached hydrogens (tertiary/aromatic N) is 3. The standard InChI is InChI=1S/C26H22N4O3S/c1-18-10-12-20(13-11-18)34(32,33)22-17-21-25(28-23-9-5-6-15-29(23)26(21)31)30(24(22)27)16-14-19-7-3-2-4-8-19/h2-13,15,17,27H,14,16H2,1H3/p+1. The Balaban J connectivity index is 1.78. The van der Waals surface area contributed by atoms with Crippen molar-refractivity contribution in [2.45, 2.75) is 29.7 Å². The van der Waals surface area contributed by atoms with Gasteiger partial charge in [-0.2, -0.15) is 0 Å². The van der Waals surface area contributed by atoms with Gasteiger partial charge in [-0.1, -0.05) is 59.1 Å². The van der Waals surface area contributed by atoms with Crippen LogP contribution in [-0.4, -0.2) is 17.8 Å². The van der Waals surface area contributed by atoms with Crippen molar-refractivity contribution in [2.75, 3.05) is 5.73 Å². The summed E-state index contributed by atoms with van der Waals surface area (Å²) in [7, 11) is -3.98. The van der Waals surface area contributed by atoms with Crippen LogP contribution >= 0.6 is 0 Å². The predicted octanol–water partition coefficient (Wildman–Crippen LogP) is 3.10. The fraction of sp³-hybridized carbons (Fsp3) is 0.115. The second-order valence-electron chi connectivity index (χ2n) is 8.18. The first-order valence-electron chi connectivity index (χ1n) is 10.9. The van der Waals surface area contributed by atoms with Gasteiger partial charge in [-0.25, -0.2) is 13.0 Å². The molecule has 7 nitrogen and oxygen atoms in total. The number of nitrogens with two attached hydrogens (primary N) is 1. The summed E-state index contributed by atoms with van der Waals surface area (Å²) >= 11 is 0. The summed E-state index contributed by atoms with van der Waals surface area (Å²) in [5, 5.41) is 0.191. The quantitative estimate of drug-likeness (QED) is 0.314. The summed E-state index contributed by atoms with van der Waals surface area (Å²) < 4.78 is 30.2. The van der Waals surface area contributed by atoms with E-state index in [1.54, 1.807) is 53.2 Å². The van der Waals surface area contributed by atoms with Gasteiger partial charge in [0.05, 0.1) is 11.4 Å².